The maximum atomic E-state index is 12.4. The van der Waals surface area contributed by atoms with Crippen LogP contribution in [0.15, 0.2) is 59.7 Å². The van der Waals surface area contributed by atoms with Gasteiger partial charge in [0.1, 0.15) is 23.3 Å². The molecule has 1 amide bonds. The van der Waals surface area contributed by atoms with Gasteiger partial charge in [0.05, 0.1) is 52.9 Å². The van der Waals surface area contributed by atoms with E-state index in [9.17, 15) is 14.9 Å². The van der Waals surface area contributed by atoms with Crippen LogP contribution in [0.25, 0.3) is 32.3 Å². The lowest BCUT2D eigenvalue weighted by molar-refractivity contribution is -0.132. The molecule has 0 saturated carbocycles. The van der Waals surface area contributed by atoms with Gasteiger partial charge in [-0.1, -0.05) is 37.8 Å². The highest BCUT2D eigenvalue weighted by Gasteiger charge is 2.12. The number of carbonyl (C=O) groups excluding carboxylic acids is 1. The maximum absolute atomic E-state index is 12.4. The van der Waals surface area contributed by atoms with Crippen LogP contribution in [-0.2, 0) is 28.5 Å². The predicted molar refractivity (Wildman–Crippen MR) is 283 cm³/mol. The van der Waals surface area contributed by atoms with Crippen molar-refractivity contribution in [1.82, 2.24) is 5.32 Å². The molecule has 4 aromatic rings. The van der Waals surface area contributed by atoms with Crippen LogP contribution in [0.4, 0.5) is 11.4 Å². The number of amides is 1. The minimum absolute atomic E-state index is 0.0571. The van der Waals surface area contributed by atoms with Crippen molar-refractivity contribution >= 4 is 101 Å². The molecule has 0 saturated heterocycles. The Balaban J connectivity index is 0.000000395. The lowest BCUT2D eigenvalue weighted by Gasteiger charge is -2.17. The topological polar surface area (TPSA) is 224 Å². The van der Waals surface area contributed by atoms with Gasteiger partial charge in [0.15, 0.2) is 0 Å². The molecule has 0 unspecified atom stereocenters. The standard InChI is InChI=1S/C25H34ClN3O4S.C15H14N2O3S.C10H22ClNO2/c1-29(10-11-30)22-7-6-20-16-23(34-24(20)18-22)17-21(19-27)25(31)28-9-13-33-15-14-32-12-5-3-2-4-8-26;1-17(4-5-18)12-3-2-10-6-13(21-14(10)8-12)7-11(9-16)15(19)20;11-5-3-1-2-4-7-13-9-10-14-8-6-12/h6-7,16-18,30H,2-5,8-15H2,1H3,(H,28,31);2-3,6-8,18H,4-5H2,1H3,(H,19,20);1-10,12H2/b21-17+;11-7+;. The van der Waals surface area contributed by atoms with Crippen LogP contribution in [0, 0.1) is 22.7 Å². The molecule has 0 spiro atoms. The van der Waals surface area contributed by atoms with Crippen molar-refractivity contribution in [1.29, 1.82) is 10.5 Å². The monoisotopic (exact) mass is 1030 g/mol. The lowest BCUT2D eigenvalue weighted by Crippen LogP contribution is -2.28. The fraction of sp³-hybridized carbons (Fsp3) is 0.520. The Morgan fingerprint density at radius 1 is 0.652 bits per heavy atom. The van der Waals surface area contributed by atoms with Gasteiger partial charge in [-0.15, -0.1) is 45.9 Å². The largest absolute Gasteiger partial charge is 0.477 e. The van der Waals surface area contributed by atoms with E-state index in [0.717, 1.165) is 98.9 Å². The van der Waals surface area contributed by atoms with Gasteiger partial charge in [-0.05, 0) is 85.0 Å². The van der Waals surface area contributed by atoms with Gasteiger partial charge in [-0.25, -0.2) is 4.79 Å². The summed E-state index contributed by atoms with van der Waals surface area (Å²) in [5, 5.41) is 49.9. The van der Waals surface area contributed by atoms with Crippen LogP contribution < -0.4 is 20.9 Å². The highest BCUT2D eigenvalue weighted by atomic mass is 35.5. The number of alkyl halides is 2. The van der Waals surface area contributed by atoms with E-state index in [1.807, 2.05) is 78.5 Å². The number of rotatable bonds is 33. The number of aliphatic hydroxyl groups excluding tert-OH is 2. The molecule has 380 valence electrons. The summed E-state index contributed by atoms with van der Waals surface area (Å²) in [5.41, 5.74) is 7.02. The normalized spacial score (nSPS) is 11.3. The Labute approximate surface area is 425 Å². The van der Waals surface area contributed by atoms with Gasteiger partial charge in [0, 0.05) is 95.8 Å². The zero-order valence-corrected chi connectivity index (χ0v) is 43.1. The summed E-state index contributed by atoms with van der Waals surface area (Å²) in [7, 11) is 3.82. The number of nitriles is 2. The Bertz CT molecular complexity index is 2200. The number of halogens is 2. The van der Waals surface area contributed by atoms with Crippen molar-refractivity contribution < 1.29 is 43.9 Å². The van der Waals surface area contributed by atoms with Crippen molar-refractivity contribution in [2.75, 3.05) is 128 Å². The number of unbranched alkanes of at least 4 members (excludes halogenated alkanes) is 6. The van der Waals surface area contributed by atoms with Gasteiger partial charge < -0.3 is 55.1 Å². The first-order valence-electron chi connectivity index (χ1n) is 23.1. The van der Waals surface area contributed by atoms with Crippen molar-refractivity contribution in [3.05, 3.63) is 69.4 Å². The Morgan fingerprint density at radius 3 is 1.51 bits per heavy atom. The number of nitrogens with one attached hydrogen (secondary N) is 1. The first-order chi connectivity index (χ1) is 33.5. The first kappa shape index (κ1) is 60.8. The number of likely N-dealkylation sites (N-methyl/N-ethyl adjacent to an activating group) is 2. The zero-order chi connectivity index (χ0) is 50.5. The van der Waals surface area contributed by atoms with Gasteiger partial charge in [-0.3, -0.25) is 4.79 Å². The van der Waals surface area contributed by atoms with E-state index in [4.69, 9.17) is 68.5 Å². The third-order valence-electron chi connectivity index (χ3n) is 9.97. The molecule has 2 heterocycles. The number of nitrogens with zero attached hydrogens (tertiary/aromatic N) is 4. The van der Waals surface area contributed by atoms with Crippen molar-refractivity contribution in [2.24, 2.45) is 5.73 Å². The molecule has 0 fully saturated rings. The number of hydrogen-bond acceptors (Lipinski definition) is 15. The Kier molecular flexibility index (Phi) is 33.8. The van der Waals surface area contributed by atoms with Crippen molar-refractivity contribution in [2.45, 2.75) is 51.4 Å². The van der Waals surface area contributed by atoms with Crippen molar-refractivity contribution in [3.8, 4) is 12.1 Å². The first-order valence-corrected chi connectivity index (χ1v) is 25.8. The SMILES string of the molecule is CN(CCO)c1ccc2cc(/C=C(\C#N)C(=O)NCCOCCOCCCCCCCl)sc2c1.CN(CCO)c1ccc2cc(/C=C(\C#N)C(=O)O)sc2c1.NCCOCCOCCCCCCCl. The lowest BCUT2D eigenvalue weighted by atomic mass is 10.2. The quantitative estimate of drug-likeness (QED) is 0.0131. The molecular weight excluding hydrogens is 964 g/mol. The minimum Gasteiger partial charge on any atom is -0.477 e. The molecule has 2 aromatic carbocycles. The number of thiophene rings is 2. The molecule has 19 heteroatoms. The Hall–Kier alpha value is -4.34. The third kappa shape index (κ3) is 25.9. The minimum atomic E-state index is -1.22. The highest BCUT2D eigenvalue weighted by Crippen LogP contribution is 2.32. The summed E-state index contributed by atoms with van der Waals surface area (Å²) >= 11 is 14.1. The fourth-order valence-electron chi connectivity index (χ4n) is 6.19. The summed E-state index contributed by atoms with van der Waals surface area (Å²) in [6.07, 6.45) is 12.0. The molecule has 0 aliphatic carbocycles. The molecule has 4 rings (SSSR count). The van der Waals surface area contributed by atoms with Crippen LogP contribution >= 0.6 is 45.9 Å². The number of hydrogen-bond donors (Lipinski definition) is 5. The summed E-state index contributed by atoms with van der Waals surface area (Å²) in [6.45, 7) is 7.01. The van der Waals surface area contributed by atoms with E-state index in [1.54, 1.807) is 12.1 Å². The number of aliphatic hydroxyl groups is 2. The number of anilines is 2. The molecule has 2 aromatic heterocycles. The van der Waals surface area contributed by atoms with Gasteiger partial charge in [-0.2, -0.15) is 10.5 Å². The number of nitrogens with two attached hydrogens (primary N) is 1. The number of ether oxygens (including phenoxy) is 4. The van der Waals surface area contributed by atoms with Crippen LogP contribution in [0.5, 0.6) is 0 Å². The van der Waals surface area contributed by atoms with E-state index in [0.29, 0.717) is 71.7 Å². The van der Waals surface area contributed by atoms with Crippen LogP contribution in [0.1, 0.15) is 61.1 Å². The number of fused-ring (bicyclic) bond motifs is 2. The number of benzene rings is 2. The number of carboxylic acids is 1. The van der Waals surface area contributed by atoms with E-state index in [1.165, 1.54) is 41.6 Å². The van der Waals surface area contributed by atoms with Crippen molar-refractivity contribution in [3.63, 3.8) is 0 Å². The molecule has 69 heavy (non-hydrogen) atoms. The van der Waals surface area contributed by atoms with Crippen LogP contribution in [0.3, 0.4) is 0 Å². The van der Waals surface area contributed by atoms with Gasteiger partial charge >= 0.3 is 5.97 Å². The Morgan fingerprint density at radius 2 is 1.09 bits per heavy atom. The summed E-state index contributed by atoms with van der Waals surface area (Å²) in [6, 6.07) is 19.4. The third-order valence-corrected chi connectivity index (χ3v) is 12.6. The van der Waals surface area contributed by atoms with E-state index in [-0.39, 0.29) is 24.4 Å². The smallest absolute Gasteiger partial charge is 0.346 e. The summed E-state index contributed by atoms with van der Waals surface area (Å²) in [4.78, 5) is 28.7. The molecule has 0 aliphatic heterocycles. The number of aliphatic carboxylic acids is 1. The van der Waals surface area contributed by atoms with E-state index >= 15 is 0 Å². The molecule has 0 radical (unpaired) electrons. The molecule has 15 nitrogen and oxygen atoms in total. The predicted octanol–water partition coefficient (Wildman–Crippen LogP) is 8.28. The van der Waals surface area contributed by atoms with Gasteiger partial charge in [0.2, 0.25) is 0 Å². The average molecular weight is 1030 g/mol. The maximum Gasteiger partial charge on any atom is 0.346 e. The van der Waals surface area contributed by atoms with Gasteiger partial charge in [0.25, 0.3) is 5.91 Å². The zero-order valence-electron chi connectivity index (χ0n) is 40.0. The van der Waals surface area contributed by atoms with E-state index < -0.39 is 11.9 Å². The molecule has 0 bridgehead atoms. The molecule has 0 aliphatic rings. The second-order valence-corrected chi connectivity index (χ2v) is 18.4. The van der Waals surface area contributed by atoms with E-state index in [2.05, 4.69) is 5.32 Å². The summed E-state index contributed by atoms with van der Waals surface area (Å²) < 4.78 is 23.6. The molecular formula is C50H70Cl2N6O9S2. The molecule has 6 N–H and O–H groups in total. The van der Waals surface area contributed by atoms with Crippen LogP contribution in [0.2, 0.25) is 0 Å². The molecule has 0 atom stereocenters. The second-order valence-electron chi connectivity index (χ2n) is 15.4. The average Bonchev–Trinajstić information content (AvgIpc) is 3.96. The summed E-state index contributed by atoms with van der Waals surface area (Å²) in [5.74, 6) is -0.153. The fourth-order valence-corrected chi connectivity index (χ4v) is 8.65. The second kappa shape index (κ2) is 38.4. The number of carbonyl (C=O) groups is 2. The number of carboxylic acid groups (broad SMARTS) is 1. The van der Waals surface area contributed by atoms with Crippen LogP contribution in [-0.4, -0.2) is 145 Å². The highest BCUT2D eigenvalue weighted by molar-refractivity contribution is 7.20.